The number of H-pyrrole nitrogens is 4. The van der Waals surface area contributed by atoms with E-state index in [1.165, 1.54) is 25.3 Å². The Kier molecular flexibility index (Phi) is 26.6. The van der Waals surface area contributed by atoms with Crippen LogP contribution in [0.1, 0.15) is 68.7 Å². The maximum atomic E-state index is 14.7. The molecule has 1 aliphatic heterocycles. The van der Waals surface area contributed by atoms with Crippen molar-refractivity contribution in [1.82, 2.24) is 73.4 Å². The maximum absolute atomic E-state index is 14.7. The molecule has 3 aliphatic rings. The number of hydrogen-bond donors (Lipinski definition) is 11. The third-order valence-electron chi connectivity index (χ3n) is 23.9. The Labute approximate surface area is 771 Å². The first-order valence-electron chi connectivity index (χ1n) is 44.0. The van der Waals surface area contributed by atoms with Gasteiger partial charge in [0.25, 0.3) is 17.7 Å². The summed E-state index contributed by atoms with van der Waals surface area (Å²) in [6.07, 6.45) is 26.6. The number of halogens is 2. The number of imidazole rings is 4. The van der Waals surface area contributed by atoms with Gasteiger partial charge in [0.15, 0.2) is 22.6 Å². The third kappa shape index (κ3) is 20.6. The number of morpholine rings is 1. The standard InChI is InChI=1S/C29H28N6O2.C26H20ClN5O2.C26H25N5O2.C22H20FN5O2/c1-34(24-6-3-2-4-7-24)18-5-15-32-29(37)21-8-10-23(11-9-21)33-25-12-13-26(35-19-17-31-28(25)35)22-14-16-30-27(36)20-22;27-21-4-2-1-3-19(21)16-30-26(34)17-5-7-20(8-6-17)31-22-9-10-23(32-14-13-29-25(22)32)18-11-12-28-24(33)15-18;32-24-15-19(9-10-27-24)23-8-7-21(25-28-11-12-31(23)25)29-20-5-3-17(4-6-20)26(33)30-22-14-16-1-2-18(22)13-16;23-17-14-16(1-3-20(17)27-9-11-30-12-10-27)26-18-2-4-19(28-8-7-25-22(18)28)15-5-6-24-21(29)13-15/h2-4,6-14,16-17,19-20,33H,5,15,18H2,1H3,(H,30,36)(H,32,37);1-15,31H,16H2,(H,28,33)(H,30,34);3-12,15-16,18,22,29H,1-2,13-14H2,(H,27,32)(H,30,33);1-8,13-14,26H,9-12H2,(H,24,29)/t;;16-,18+,22+;/m..0./s1. The van der Waals surface area contributed by atoms with E-state index in [0.717, 1.165) is 138 Å². The third-order valence-corrected chi connectivity index (χ3v) is 24.3. The normalized spacial score (nSPS) is 14.2. The lowest BCUT2D eigenvalue weighted by Gasteiger charge is -2.29. The number of carbonyl (C=O) groups is 3. The van der Waals surface area contributed by atoms with Crippen molar-refractivity contribution in [2.24, 2.45) is 11.8 Å². The Morgan fingerprint density at radius 2 is 0.851 bits per heavy atom. The van der Waals surface area contributed by atoms with Crippen LogP contribution in [-0.4, -0.2) is 128 Å². The van der Waals surface area contributed by atoms with Crippen molar-refractivity contribution < 1.29 is 23.5 Å². The lowest BCUT2D eigenvalue weighted by atomic mass is 9.95. The van der Waals surface area contributed by atoms with Crippen LogP contribution in [0.3, 0.4) is 0 Å². The molecule has 2 bridgehead atoms. The quantitative estimate of drug-likeness (QED) is 0.0250. The van der Waals surface area contributed by atoms with Crippen LogP contribution in [0.4, 0.5) is 61.3 Å². The molecule has 0 radical (unpaired) electrons. The van der Waals surface area contributed by atoms with Crippen LogP contribution in [0.25, 0.3) is 67.6 Å². The Morgan fingerprint density at radius 3 is 1.25 bits per heavy atom. The van der Waals surface area contributed by atoms with Gasteiger partial charge in [-0.05, 0) is 225 Å². The number of carbonyl (C=O) groups excluding carboxylic acids is 3. The molecule has 3 amide bonds. The molecule has 0 unspecified atom stereocenters. The molecule has 11 N–H and O–H groups in total. The number of ether oxygens (including phenoxy) is 1. The first-order chi connectivity index (χ1) is 65.5. The second kappa shape index (κ2) is 40.5. The van der Waals surface area contributed by atoms with Gasteiger partial charge in [0.05, 0.1) is 64.4 Å². The highest BCUT2D eigenvalue weighted by molar-refractivity contribution is 6.31. The minimum Gasteiger partial charge on any atom is -0.378 e. The van der Waals surface area contributed by atoms with E-state index in [2.05, 4.69) is 101 Å². The molecule has 29 nitrogen and oxygen atoms in total. The van der Waals surface area contributed by atoms with Crippen molar-refractivity contribution >= 4 is 109 Å². The van der Waals surface area contributed by atoms with Gasteiger partial charge in [-0.3, -0.25) is 51.2 Å². The molecule has 21 rings (SSSR count). The molecule has 31 heteroatoms. The first kappa shape index (κ1) is 87.9. The molecule has 2 saturated carbocycles. The number of anilines is 10. The van der Waals surface area contributed by atoms with Crippen molar-refractivity contribution in [3.8, 4) is 45.0 Å². The van der Waals surface area contributed by atoms with E-state index in [4.69, 9.17) is 16.3 Å². The van der Waals surface area contributed by atoms with Crippen molar-refractivity contribution in [2.75, 3.05) is 77.5 Å². The number of para-hydroxylation sites is 1. The van der Waals surface area contributed by atoms with E-state index in [-0.39, 0.29) is 45.8 Å². The molecule has 2 aliphatic carbocycles. The minimum atomic E-state index is -0.276. The van der Waals surface area contributed by atoms with E-state index in [1.807, 2.05) is 211 Å². The minimum absolute atomic E-state index is 0.0111. The predicted octanol–water partition coefficient (Wildman–Crippen LogP) is 17.5. The number of amides is 3. The van der Waals surface area contributed by atoms with Crippen LogP contribution < -0.4 is 69.3 Å². The average molecular weight is 1810 g/mol. The Morgan fingerprint density at radius 1 is 0.448 bits per heavy atom. The summed E-state index contributed by atoms with van der Waals surface area (Å²) >= 11 is 6.15. The summed E-state index contributed by atoms with van der Waals surface area (Å²) < 4.78 is 27.8. The maximum Gasteiger partial charge on any atom is 0.251 e. The van der Waals surface area contributed by atoms with Gasteiger partial charge in [-0.25, -0.2) is 24.3 Å². The highest BCUT2D eigenvalue weighted by atomic mass is 35.5. The molecule has 13 heterocycles. The second-order valence-electron chi connectivity index (χ2n) is 32.7. The Balaban J connectivity index is 0.000000120. The number of nitrogens with zero attached hydrogens (tertiary/aromatic N) is 10. The van der Waals surface area contributed by atoms with Gasteiger partial charge in [0.1, 0.15) is 5.82 Å². The summed E-state index contributed by atoms with van der Waals surface area (Å²) in [6, 6.07) is 74.3. The molecule has 0 spiro atoms. The number of hydrogen-bond acceptors (Lipinski definition) is 18. The lowest BCUT2D eigenvalue weighted by Crippen LogP contribution is -2.38. The molecule has 12 aromatic heterocycles. The number of rotatable bonds is 24. The van der Waals surface area contributed by atoms with Crippen LogP contribution >= 0.6 is 11.6 Å². The number of benzene rings is 6. The molecule has 672 valence electrons. The van der Waals surface area contributed by atoms with E-state index >= 15 is 0 Å². The summed E-state index contributed by atoms with van der Waals surface area (Å²) in [4.78, 5) is 117. The highest BCUT2D eigenvalue weighted by Crippen LogP contribution is 2.45. The zero-order valence-electron chi connectivity index (χ0n) is 72.7. The van der Waals surface area contributed by atoms with Gasteiger partial charge in [0.2, 0.25) is 22.2 Å². The topological polar surface area (TPSA) is 352 Å². The molecule has 18 aromatic rings. The second-order valence-corrected chi connectivity index (χ2v) is 33.1. The average Bonchev–Trinajstić information content (AvgIpc) is 1.69. The van der Waals surface area contributed by atoms with Crippen molar-refractivity contribution in [3.05, 3.63) is 392 Å². The van der Waals surface area contributed by atoms with E-state index in [0.29, 0.717) is 90.1 Å². The summed E-state index contributed by atoms with van der Waals surface area (Å²) in [6.45, 7) is 4.40. The SMILES string of the molecule is CN(CCCNC(=O)c1ccc(Nc2ccc(-c3cc[nH]c(=O)c3)n3ccnc23)cc1)c1ccccc1.O=C(NCc1ccccc1Cl)c1ccc(Nc2ccc(-c3cc[nH]c(=O)c3)n3ccnc23)cc1.O=C(N[C@@H]1C[C@H]2CC[C@@H]1C2)c1ccc(Nc2ccc(-c3cc[nH]c(=O)c3)n3ccnc23)cc1.O=c1cc(-c2ccc(Nc3ccc(N4CCOCC4)c(F)c3)c3nccn23)cc[nH]1. The van der Waals surface area contributed by atoms with Crippen LogP contribution in [0.15, 0.2) is 336 Å². The van der Waals surface area contributed by atoms with Crippen LogP contribution in [0.2, 0.25) is 5.02 Å². The Hall–Kier alpha value is -16.7. The number of aromatic nitrogens is 12. The van der Waals surface area contributed by atoms with Gasteiger partial charge in [-0.1, -0.05) is 54.4 Å². The predicted molar refractivity (Wildman–Crippen MR) is 523 cm³/mol. The largest absolute Gasteiger partial charge is 0.378 e. The molecule has 3 atom stereocenters. The molecule has 1 saturated heterocycles. The van der Waals surface area contributed by atoms with E-state index in [9.17, 15) is 38.0 Å². The molecule has 6 aromatic carbocycles. The zero-order valence-corrected chi connectivity index (χ0v) is 73.5. The van der Waals surface area contributed by atoms with Gasteiger partial charge in [0, 0.05) is 217 Å². The fraction of sp³-hybridized carbons (Fsp3) is 0.155. The molecular weight excluding hydrogens is 1710 g/mol. The van der Waals surface area contributed by atoms with Gasteiger partial charge in [-0.2, -0.15) is 0 Å². The van der Waals surface area contributed by atoms with Gasteiger partial charge < -0.3 is 71.7 Å². The van der Waals surface area contributed by atoms with E-state index < -0.39 is 0 Å². The van der Waals surface area contributed by atoms with Crippen molar-refractivity contribution in [1.29, 1.82) is 0 Å². The summed E-state index contributed by atoms with van der Waals surface area (Å²) in [5.41, 5.74) is 19.7. The summed E-state index contributed by atoms with van der Waals surface area (Å²) in [5.74, 6) is 0.934. The monoisotopic (exact) mass is 1810 g/mol. The first-order valence-corrected chi connectivity index (χ1v) is 44.4. The fourth-order valence-electron chi connectivity index (χ4n) is 17.2. The Bertz CT molecular complexity index is 7510. The van der Waals surface area contributed by atoms with Crippen LogP contribution in [0.5, 0.6) is 0 Å². The number of aromatic amines is 4. The highest BCUT2D eigenvalue weighted by Gasteiger charge is 2.40. The molecule has 134 heavy (non-hydrogen) atoms. The molecular formula is C103H93ClFN21O8. The van der Waals surface area contributed by atoms with Crippen LogP contribution in [-0.2, 0) is 11.3 Å². The fourth-order valence-corrected chi connectivity index (χ4v) is 17.4. The summed E-state index contributed by atoms with van der Waals surface area (Å²) in [5, 5.41) is 23.2. The molecule has 3 fully saturated rings. The van der Waals surface area contributed by atoms with Crippen molar-refractivity contribution in [2.45, 2.75) is 44.7 Å². The number of pyridine rings is 8. The van der Waals surface area contributed by atoms with Crippen molar-refractivity contribution in [3.63, 3.8) is 0 Å². The number of fused-ring (bicyclic) bond motifs is 6. The van der Waals surface area contributed by atoms with Gasteiger partial charge in [-0.15, -0.1) is 0 Å². The summed E-state index contributed by atoms with van der Waals surface area (Å²) in [7, 11) is 2.05. The van der Waals surface area contributed by atoms with Crippen LogP contribution in [0, 0.1) is 17.7 Å². The smallest absolute Gasteiger partial charge is 0.251 e. The van der Waals surface area contributed by atoms with Gasteiger partial charge >= 0.3 is 0 Å². The lowest BCUT2D eigenvalue weighted by molar-refractivity contribution is 0.0919. The zero-order chi connectivity index (χ0) is 92.0. The van der Waals surface area contributed by atoms with E-state index in [1.54, 1.807) is 110 Å². The number of nitrogens with one attached hydrogen (secondary N) is 11.